The highest BCUT2D eigenvalue weighted by atomic mass is 16.5. The number of unbranched alkanes of at least 4 members (excludes halogenated alkanes) is 3. The van der Waals surface area contributed by atoms with E-state index in [-0.39, 0.29) is 5.57 Å². The van der Waals surface area contributed by atoms with Crippen molar-refractivity contribution in [1.82, 2.24) is 0 Å². The van der Waals surface area contributed by atoms with Gasteiger partial charge >= 0.3 is 11.9 Å². The van der Waals surface area contributed by atoms with Crippen LogP contribution in [-0.2, 0) is 19.1 Å². The summed E-state index contributed by atoms with van der Waals surface area (Å²) in [7, 11) is 2.48. The molecular weight excluding hydrogens is 196 g/mol. The molecule has 0 heterocycles. The molecule has 0 spiro atoms. The Bertz CT molecular complexity index is 225. The Morgan fingerprint density at radius 3 is 2.00 bits per heavy atom. The SMILES string of the molecule is CCCCCC=C(C(=O)OC)C(=O)OC. The Hall–Kier alpha value is -1.32. The van der Waals surface area contributed by atoms with Crippen molar-refractivity contribution in [3.8, 4) is 0 Å². The van der Waals surface area contributed by atoms with E-state index in [1.54, 1.807) is 6.08 Å². The summed E-state index contributed by atoms with van der Waals surface area (Å²) in [6, 6.07) is 0. The fourth-order valence-corrected chi connectivity index (χ4v) is 1.11. The lowest BCUT2D eigenvalue weighted by Crippen LogP contribution is -2.15. The zero-order chi connectivity index (χ0) is 11.7. The predicted octanol–water partition coefficient (Wildman–Crippen LogP) is 1.84. The zero-order valence-corrected chi connectivity index (χ0v) is 9.54. The molecule has 4 heteroatoms. The molecule has 0 aromatic rings. The van der Waals surface area contributed by atoms with Gasteiger partial charge in [0, 0.05) is 0 Å². The number of rotatable bonds is 6. The standard InChI is InChI=1S/C11H18O4/c1-4-5-6-7-8-9(10(12)14-2)11(13)15-3/h8H,4-7H2,1-3H3. The average Bonchev–Trinajstić information content (AvgIpc) is 2.27. The lowest BCUT2D eigenvalue weighted by Gasteiger charge is -2.02. The first-order valence-corrected chi connectivity index (χ1v) is 5.04. The maximum absolute atomic E-state index is 11.2. The minimum Gasteiger partial charge on any atom is -0.465 e. The second-order valence-corrected chi connectivity index (χ2v) is 3.10. The van der Waals surface area contributed by atoms with Gasteiger partial charge in [0.1, 0.15) is 5.57 Å². The molecule has 0 aromatic carbocycles. The summed E-state index contributed by atoms with van der Waals surface area (Å²) in [5.74, 6) is -1.28. The van der Waals surface area contributed by atoms with Gasteiger partial charge in [-0.2, -0.15) is 0 Å². The number of hydrogen-bond acceptors (Lipinski definition) is 4. The third kappa shape index (κ3) is 5.20. The summed E-state index contributed by atoms with van der Waals surface area (Å²) in [6.07, 6.45) is 5.39. The number of hydrogen-bond donors (Lipinski definition) is 0. The topological polar surface area (TPSA) is 52.6 Å². The highest BCUT2D eigenvalue weighted by Crippen LogP contribution is 2.06. The van der Waals surface area contributed by atoms with Crippen molar-refractivity contribution in [2.75, 3.05) is 14.2 Å². The van der Waals surface area contributed by atoms with E-state index >= 15 is 0 Å². The van der Waals surface area contributed by atoms with Crippen molar-refractivity contribution in [2.24, 2.45) is 0 Å². The first-order chi connectivity index (χ1) is 7.17. The van der Waals surface area contributed by atoms with Gasteiger partial charge in [0.05, 0.1) is 14.2 Å². The van der Waals surface area contributed by atoms with Crippen LogP contribution in [0.2, 0.25) is 0 Å². The summed E-state index contributed by atoms with van der Waals surface area (Å²) >= 11 is 0. The Balaban J connectivity index is 4.35. The largest absolute Gasteiger partial charge is 0.465 e. The van der Waals surface area contributed by atoms with Crippen LogP contribution >= 0.6 is 0 Å². The molecule has 0 aliphatic heterocycles. The third-order valence-corrected chi connectivity index (χ3v) is 1.97. The molecule has 0 rings (SSSR count). The summed E-state index contributed by atoms with van der Waals surface area (Å²) in [4.78, 5) is 22.4. The number of ether oxygens (including phenoxy) is 2. The van der Waals surface area contributed by atoms with Crippen molar-refractivity contribution >= 4 is 11.9 Å². The molecule has 86 valence electrons. The van der Waals surface area contributed by atoms with Gasteiger partial charge in [-0.25, -0.2) is 9.59 Å². The lowest BCUT2D eigenvalue weighted by molar-refractivity contribution is -0.144. The van der Waals surface area contributed by atoms with E-state index in [1.165, 1.54) is 14.2 Å². The summed E-state index contributed by atoms with van der Waals surface area (Å²) < 4.78 is 8.97. The van der Waals surface area contributed by atoms with Crippen LogP contribution < -0.4 is 0 Å². The Morgan fingerprint density at radius 1 is 1.07 bits per heavy atom. The lowest BCUT2D eigenvalue weighted by atomic mass is 10.1. The van der Waals surface area contributed by atoms with E-state index in [0.717, 1.165) is 19.3 Å². The number of carbonyl (C=O) groups excluding carboxylic acids is 2. The first-order valence-electron chi connectivity index (χ1n) is 5.04. The van der Waals surface area contributed by atoms with E-state index in [9.17, 15) is 9.59 Å². The van der Waals surface area contributed by atoms with Crippen molar-refractivity contribution in [3.05, 3.63) is 11.6 Å². The summed E-state index contributed by atoms with van der Waals surface area (Å²) in [5.41, 5.74) is -0.0175. The van der Waals surface area contributed by atoms with Gasteiger partial charge in [-0.15, -0.1) is 0 Å². The smallest absolute Gasteiger partial charge is 0.344 e. The van der Waals surface area contributed by atoms with E-state index in [2.05, 4.69) is 16.4 Å². The van der Waals surface area contributed by atoms with E-state index in [4.69, 9.17) is 0 Å². The summed E-state index contributed by atoms with van der Waals surface area (Å²) in [5, 5.41) is 0. The molecule has 0 aliphatic rings. The van der Waals surface area contributed by atoms with Crippen LogP contribution in [0.25, 0.3) is 0 Å². The maximum Gasteiger partial charge on any atom is 0.344 e. The van der Waals surface area contributed by atoms with Crippen molar-refractivity contribution in [2.45, 2.75) is 32.6 Å². The minimum atomic E-state index is -0.640. The second-order valence-electron chi connectivity index (χ2n) is 3.10. The molecule has 0 amide bonds. The molecule has 0 saturated carbocycles. The maximum atomic E-state index is 11.2. The van der Waals surface area contributed by atoms with Gasteiger partial charge in [0.15, 0.2) is 0 Å². The molecule has 0 N–H and O–H groups in total. The fraction of sp³-hybridized carbons (Fsp3) is 0.636. The van der Waals surface area contributed by atoms with E-state index < -0.39 is 11.9 Å². The zero-order valence-electron chi connectivity index (χ0n) is 9.54. The average molecular weight is 214 g/mol. The van der Waals surface area contributed by atoms with Crippen LogP contribution in [0, 0.1) is 0 Å². The van der Waals surface area contributed by atoms with Crippen LogP contribution in [0.3, 0.4) is 0 Å². The minimum absolute atomic E-state index is 0.0175. The predicted molar refractivity (Wildman–Crippen MR) is 56.3 cm³/mol. The fourth-order valence-electron chi connectivity index (χ4n) is 1.11. The Labute approximate surface area is 90.2 Å². The monoisotopic (exact) mass is 214 g/mol. The molecule has 0 fully saturated rings. The van der Waals surface area contributed by atoms with Gasteiger partial charge in [0.25, 0.3) is 0 Å². The Kier molecular flexibility index (Phi) is 7.32. The molecule has 0 unspecified atom stereocenters. The number of methoxy groups -OCH3 is 2. The normalized spacial score (nSPS) is 9.27. The highest BCUT2D eigenvalue weighted by Gasteiger charge is 2.18. The van der Waals surface area contributed by atoms with Gasteiger partial charge < -0.3 is 9.47 Å². The van der Waals surface area contributed by atoms with Crippen LogP contribution in [-0.4, -0.2) is 26.2 Å². The molecule has 0 aliphatic carbocycles. The number of carbonyl (C=O) groups is 2. The van der Waals surface area contributed by atoms with Gasteiger partial charge in [-0.05, 0) is 12.8 Å². The summed E-state index contributed by atoms with van der Waals surface area (Å²) in [6.45, 7) is 2.09. The van der Waals surface area contributed by atoms with Crippen molar-refractivity contribution in [1.29, 1.82) is 0 Å². The van der Waals surface area contributed by atoms with Crippen LogP contribution in [0.15, 0.2) is 11.6 Å². The van der Waals surface area contributed by atoms with Crippen molar-refractivity contribution in [3.63, 3.8) is 0 Å². The molecule has 0 bridgehead atoms. The molecule has 0 aromatic heterocycles. The second kappa shape index (κ2) is 8.03. The molecular formula is C11H18O4. The third-order valence-electron chi connectivity index (χ3n) is 1.97. The van der Waals surface area contributed by atoms with Gasteiger partial charge in [0.2, 0.25) is 0 Å². The molecule has 15 heavy (non-hydrogen) atoms. The van der Waals surface area contributed by atoms with Crippen LogP contribution in [0.1, 0.15) is 32.6 Å². The van der Waals surface area contributed by atoms with E-state index in [0.29, 0.717) is 6.42 Å². The molecule has 0 saturated heterocycles. The van der Waals surface area contributed by atoms with Gasteiger partial charge in [-0.1, -0.05) is 25.8 Å². The molecule has 0 radical (unpaired) electrons. The Morgan fingerprint density at radius 2 is 1.60 bits per heavy atom. The van der Waals surface area contributed by atoms with Crippen LogP contribution in [0.5, 0.6) is 0 Å². The number of allylic oxidation sites excluding steroid dienone is 1. The highest BCUT2D eigenvalue weighted by molar-refractivity contribution is 6.13. The quantitative estimate of drug-likeness (QED) is 0.222. The molecule has 4 nitrogen and oxygen atoms in total. The van der Waals surface area contributed by atoms with E-state index in [1.807, 2.05) is 0 Å². The number of esters is 2. The first kappa shape index (κ1) is 13.7. The van der Waals surface area contributed by atoms with Crippen LogP contribution in [0.4, 0.5) is 0 Å². The van der Waals surface area contributed by atoms with Crippen molar-refractivity contribution < 1.29 is 19.1 Å². The molecule has 0 atom stereocenters. The van der Waals surface area contributed by atoms with Gasteiger partial charge in [-0.3, -0.25) is 0 Å².